The summed E-state index contributed by atoms with van der Waals surface area (Å²) in [5, 5.41) is 24.1. The maximum atomic E-state index is 15.5. The van der Waals surface area contributed by atoms with Crippen molar-refractivity contribution in [2.45, 2.75) is 265 Å². The third-order valence-electron chi connectivity index (χ3n) is 16.6. The molecule has 0 radical (unpaired) electrons. The zero-order chi connectivity index (χ0) is 68.3. The van der Waals surface area contributed by atoms with Crippen LogP contribution in [0.15, 0.2) is 22.4 Å². The molecule has 0 unspecified atom stereocenters. The lowest BCUT2D eigenvalue weighted by atomic mass is 9.97. The van der Waals surface area contributed by atoms with E-state index >= 15 is 9.59 Å². The van der Waals surface area contributed by atoms with Gasteiger partial charge in [-0.3, -0.25) is 33.7 Å². The van der Waals surface area contributed by atoms with Crippen molar-refractivity contribution in [3.8, 4) is 28.7 Å². The average molecular weight is 1270 g/mol. The fourth-order valence-corrected chi connectivity index (χ4v) is 22.5. The molecule has 498 valence electrons. The van der Waals surface area contributed by atoms with Crippen LogP contribution in [-0.2, 0) is 33.5 Å². The molecular weight excluding hydrogens is 1160 g/mol. The van der Waals surface area contributed by atoms with Crippen LogP contribution < -0.4 is 36.6 Å². The first-order chi connectivity index (χ1) is 41.4. The molecule has 0 spiro atoms. The van der Waals surface area contributed by atoms with Gasteiger partial charge in [0.05, 0.1) is 18.2 Å². The summed E-state index contributed by atoms with van der Waals surface area (Å²) in [5.41, 5.74) is 27.2. The standard InChI is InChI=1S/C65H111N13O9Si2/c1-40(2)36-54(61(82)72-52(59(80)68-21)28-24-26-32-69-76-66)74-63(84)56(51-38-49(30-34-88(42(5)6,43(7)8)44(9)10)57(86-23)50(39-51)31-35-89(45(11)12,46(13)14)47(15)16)75-58(79)48(17)71-60(81)53(29-25-27-33-70-77-67)73-62(83)55(37-41(3)4)78(22)64(85)87-65(18,19)20/h38-48,52-56H,24-29,32-33,36-37H2,1-23H3,(H,68,80)(H,71,81)(H,72,82)(H,73,83)(H,74,84)(H,75,79)/t48-,52-,53+,54+,55+,56+/m0/s1. The Morgan fingerprint density at radius 2 is 0.966 bits per heavy atom. The minimum Gasteiger partial charge on any atom is -0.494 e. The molecule has 1 aromatic carbocycles. The summed E-state index contributed by atoms with van der Waals surface area (Å²) in [6.45, 7) is 40.9. The van der Waals surface area contributed by atoms with Crippen LogP contribution in [0.5, 0.6) is 5.75 Å². The van der Waals surface area contributed by atoms with E-state index in [4.69, 9.17) is 20.5 Å². The first-order valence-electron chi connectivity index (χ1n) is 31.9. The van der Waals surface area contributed by atoms with E-state index in [1.807, 2.05) is 27.7 Å². The number of ether oxygens (including phenoxy) is 2. The molecule has 0 aliphatic carbocycles. The topological polar surface area (TPSA) is 311 Å². The van der Waals surface area contributed by atoms with E-state index in [1.54, 1.807) is 40.0 Å². The van der Waals surface area contributed by atoms with E-state index in [0.29, 0.717) is 42.6 Å². The summed E-state index contributed by atoms with van der Waals surface area (Å²) in [4.78, 5) is 107. The van der Waals surface area contributed by atoms with Gasteiger partial charge in [-0.25, -0.2) is 4.79 Å². The smallest absolute Gasteiger partial charge is 0.410 e. The normalized spacial score (nSPS) is 13.8. The number of benzene rings is 1. The van der Waals surface area contributed by atoms with Gasteiger partial charge in [-0.2, -0.15) is 0 Å². The Morgan fingerprint density at radius 3 is 1.35 bits per heavy atom. The Labute approximate surface area is 534 Å². The molecule has 7 amide bonds. The number of nitrogens with zero attached hydrogens (tertiary/aromatic N) is 7. The summed E-state index contributed by atoms with van der Waals surface area (Å²) in [5.74, 6) is 3.19. The van der Waals surface area contributed by atoms with Gasteiger partial charge in [0.25, 0.3) is 0 Å². The molecule has 0 aliphatic rings. The van der Waals surface area contributed by atoms with Crippen molar-refractivity contribution in [3.63, 3.8) is 0 Å². The molecule has 6 N–H and O–H groups in total. The number of amides is 7. The molecule has 1 aromatic rings. The number of rotatable bonds is 34. The van der Waals surface area contributed by atoms with Crippen molar-refractivity contribution >= 4 is 57.7 Å². The molecule has 89 heavy (non-hydrogen) atoms. The van der Waals surface area contributed by atoms with Gasteiger partial charge in [-0.05, 0) is 140 Å². The lowest BCUT2D eigenvalue weighted by molar-refractivity contribution is -0.135. The first-order valence-corrected chi connectivity index (χ1v) is 36.4. The number of hydrogen-bond donors (Lipinski definition) is 6. The van der Waals surface area contributed by atoms with Gasteiger partial charge in [0, 0.05) is 37.0 Å². The molecule has 22 nitrogen and oxygen atoms in total. The number of unbranched alkanes of at least 4 members (excludes halogenated alkanes) is 2. The lowest BCUT2D eigenvalue weighted by Crippen LogP contribution is -2.58. The van der Waals surface area contributed by atoms with Crippen molar-refractivity contribution in [2.24, 2.45) is 22.1 Å². The van der Waals surface area contributed by atoms with Crippen LogP contribution in [0.1, 0.15) is 213 Å². The molecule has 0 fully saturated rings. The Hall–Kier alpha value is -6.72. The van der Waals surface area contributed by atoms with Gasteiger partial charge in [-0.1, -0.05) is 146 Å². The Bertz CT molecular complexity index is 2650. The number of carbonyl (C=O) groups is 7. The second-order valence-electron chi connectivity index (χ2n) is 27.2. The van der Waals surface area contributed by atoms with Gasteiger partial charge in [0.15, 0.2) is 0 Å². The third kappa shape index (κ3) is 24.5. The molecule has 0 saturated carbocycles. The largest absolute Gasteiger partial charge is 0.494 e. The van der Waals surface area contributed by atoms with E-state index in [-0.39, 0.29) is 89.4 Å². The van der Waals surface area contributed by atoms with Gasteiger partial charge in [-0.15, -0.1) is 11.1 Å². The molecule has 0 saturated heterocycles. The molecule has 24 heteroatoms. The van der Waals surface area contributed by atoms with E-state index in [2.05, 4.69) is 158 Å². The molecule has 0 aromatic heterocycles. The Balaban J connectivity index is 4.53. The maximum absolute atomic E-state index is 15.5. The van der Waals surface area contributed by atoms with Gasteiger partial charge in [0.1, 0.15) is 63.7 Å². The number of methoxy groups -OCH3 is 1. The van der Waals surface area contributed by atoms with E-state index in [9.17, 15) is 24.0 Å². The van der Waals surface area contributed by atoms with Crippen LogP contribution in [0, 0.1) is 34.8 Å². The summed E-state index contributed by atoms with van der Waals surface area (Å²) in [6, 6.07) is -4.05. The van der Waals surface area contributed by atoms with Crippen molar-refractivity contribution in [1.82, 2.24) is 36.8 Å². The zero-order valence-corrected chi connectivity index (χ0v) is 60.1. The quantitative estimate of drug-likeness (QED) is 0.00953. The zero-order valence-electron chi connectivity index (χ0n) is 58.1. The van der Waals surface area contributed by atoms with Crippen molar-refractivity contribution in [3.05, 3.63) is 49.7 Å². The molecule has 1 rings (SSSR count). The molecular formula is C65H111N13O9Si2. The highest BCUT2D eigenvalue weighted by Gasteiger charge is 2.44. The van der Waals surface area contributed by atoms with E-state index < -0.39 is 99.5 Å². The minimum atomic E-state index is -2.43. The predicted octanol–water partition coefficient (Wildman–Crippen LogP) is 12.0. The minimum absolute atomic E-state index is 0.0564. The van der Waals surface area contributed by atoms with E-state index in [1.165, 1.54) is 25.9 Å². The molecule has 0 bridgehead atoms. The van der Waals surface area contributed by atoms with Crippen molar-refractivity contribution in [1.29, 1.82) is 0 Å². The summed E-state index contributed by atoms with van der Waals surface area (Å²) in [7, 11) is -0.405. The second-order valence-corrected chi connectivity index (χ2v) is 38.3. The maximum Gasteiger partial charge on any atom is 0.410 e. The predicted molar refractivity (Wildman–Crippen MR) is 360 cm³/mol. The molecule has 0 heterocycles. The van der Waals surface area contributed by atoms with Gasteiger partial charge < -0.3 is 41.4 Å². The first kappa shape index (κ1) is 80.3. The third-order valence-corrected chi connectivity index (χ3v) is 29.2. The Morgan fingerprint density at radius 1 is 0.562 bits per heavy atom. The highest BCUT2D eigenvalue weighted by Crippen LogP contribution is 2.43. The summed E-state index contributed by atoms with van der Waals surface area (Å²) < 4.78 is 11.9. The number of nitrogens with one attached hydrogen (secondary N) is 6. The highest BCUT2D eigenvalue weighted by molar-refractivity contribution is 6.91. The second kappa shape index (κ2) is 38.1. The highest BCUT2D eigenvalue weighted by atomic mass is 28.3. The number of azide groups is 2. The van der Waals surface area contributed by atoms with Crippen LogP contribution in [0.2, 0.25) is 33.2 Å². The fraction of sp³-hybridized carbons (Fsp3) is 0.738. The van der Waals surface area contributed by atoms with Crippen LogP contribution in [0.3, 0.4) is 0 Å². The van der Waals surface area contributed by atoms with Gasteiger partial charge in [0.2, 0.25) is 35.4 Å². The average Bonchev–Trinajstić information content (AvgIpc) is 2.17. The monoisotopic (exact) mass is 1270 g/mol. The van der Waals surface area contributed by atoms with Crippen LogP contribution >= 0.6 is 0 Å². The number of carbonyl (C=O) groups excluding carboxylic acids is 7. The molecule has 0 aliphatic heterocycles. The van der Waals surface area contributed by atoms with Crippen LogP contribution in [0.25, 0.3) is 20.9 Å². The SMILES string of the molecule is CNC(=O)[C@H](CCCCN=[N+]=[N-])NC(=O)[C@@H](CC(C)C)NC(=O)[C@H](NC(=O)[C@H](C)NC(=O)[C@@H](CCCCN=[N+]=[N-])NC(=O)[C@@H](CC(C)C)N(C)C(=O)OC(C)(C)C)c1cc(C#C[Si](C(C)C)(C(C)C)C(C)C)c(OC)c(C#C[Si](C(C)C)(C(C)C)C(C)C)c1. The Kier molecular flexibility index (Phi) is 34.4. The van der Waals surface area contributed by atoms with Crippen LogP contribution in [-0.4, -0.2) is 133 Å². The van der Waals surface area contributed by atoms with Gasteiger partial charge >= 0.3 is 6.09 Å². The molecule has 6 atom stereocenters. The number of likely N-dealkylation sites (N-methyl/N-ethyl adjacent to an activating group) is 2. The van der Waals surface area contributed by atoms with Crippen molar-refractivity contribution < 1.29 is 43.0 Å². The summed E-state index contributed by atoms with van der Waals surface area (Å²) in [6.07, 6.45) is 1.47. The summed E-state index contributed by atoms with van der Waals surface area (Å²) >= 11 is 0. The number of hydrogen-bond acceptors (Lipinski definition) is 11. The lowest BCUT2D eigenvalue weighted by Gasteiger charge is -2.38. The van der Waals surface area contributed by atoms with Crippen LogP contribution in [0.4, 0.5) is 4.79 Å². The van der Waals surface area contributed by atoms with E-state index in [0.717, 1.165) is 0 Å². The fourth-order valence-electron chi connectivity index (χ4n) is 12.1. The van der Waals surface area contributed by atoms with Crippen molar-refractivity contribution in [2.75, 3.05) is 34.3 Å².